The number of hydrogen-bond acceptors (Lipinski definition) is 2. The van der Waals surface area contributed by atoms with Crippen molar-refractivity contribution < 1.29 is 23.1 Å². The molecule has 3 aromatic carbocycles. The van der Waals surface area contributed by atoms with Gasteiger partial charge in [-0.15, -0.1) is 0 Å². The van der Waals surface area contributed by atoms with E-state index < -0.39 is 23.1 Å². The molecule has 1 unspecified atom stereocenters. The molecule has 1 N–H and O–H groups in total. The Balaban J connectivity index is 1.71. The Bertz CT molecular complexity index is 1500. The van der Waals surface area contributed by atoms with Gasteiger partial charge in [0.15, 0.2) is 0 Å². The number of alkyl halides is 3. The molecule has 6 heteroatoms. The molecule has 0 bridgehead atoms. The third kappa shape index (κ3) is 8.70. The fourth-order valence-corrected chi connectivity index (χ4v) is 6.76. The van der Waals surface area contributed by atoms with E-state index in [1.807, 2.05) is 30.3 Å². The lowest BCUT2D eigenvalue weighted by molar-refractivity contribution is -0.144. The van der Waals surface area contributed by atoms with Crippen molar-refractivity contribution in [1.82, 2.24) is 4.90 Å². The zero-order valence-corrected chi connectivity index (χ0v) is 28.4. The van der Waals surface area contributed by atoms with Crippen LogP contribution in [0.4, 0.5) is 13.2 Å². The molecule has 1 heterocycles. The minimum atomic E-state index is -4.44. The molecule has 1 aliphatic heterocycles. The van der Waals surface area contributed by atoms with Gasteiger partial charge in [-0.2, -0.15) is 13.2 Å². The topological polar surface area (TPSA) is 40.5 Å². The van der Waals surface area contributed by atoms with Crippen LogP contribution in [0.3, 0.4) is 0 Å². The summed E-state index contributed by atoms with van der Waals surface area (Å²) in [7, 11) is 0. The molecule has 0 radical (unpaired) electrons. The number of aliphatic carboxylic acids is 1. The van der Waals surface area contributed by atoms with Crippen LogP contribution in [0.25, 0.3) is 5.57 Å². The van der Waals surface area contributed by atoms with Crippen LogP contribution in [-0.2, 0) is 34.6 Å². The van der Waals surface area contributed by atoms with E-state index in [0.29, 0.717) is 36.9 Å². The number of nitrogens with zero attached hydrogens (tertiary/aromatic N) is 1. The molecule has 0 saturated carbocycles. The molecular formula is C40H50F3NO2. The fourth-order valence-electron chi connectivity index (χ4n) is 6.76. The number of hydrogen-bond donors (Lipinski definition) is 1. The molecule has 0 amide bonds. The third-order valence-electron chi connectivity index (χ3n) is 9.39. The Morgan fingerprint density at radius 2 is 1.37 bits per heavy atom. The number of halogens is 3. The molecule has 0 spiro atoms. The molecule has 248 valence electrons. The fraction of sp³-hybridized carbons (Fsp3) is 0.475. The zero-order chi connectivity index (χ0) is 33.9. The van der Waals surface area contributed by atoms with Crippen LogP contribution in [0.1, 0.15) is 94.7 Å². The monoisotopic (exact) mass is 633 g/mol. The van der Waals surface area contributed by atoms with E-state index in [-0.39, 0.29) is 17.9 Å². The Hall–Kier alpha value is -3.38. The highest BCUT2D eigenvalue weighted by Crippen LogP contribution is 2.39. The summed E-state index contributed by atoms with van der Waals surface area (Å²) in [6, 6.07) is 21.9. The minimum Gasteiger partial charge on any atom is -0.481 e. The Morgan fingerprint density at radius 1 is 0.826 bits per heavy atom. The van der Waals surface area contributed by atoms with Gasteiger partial charge in [0.1, 0.15) is 0 Å². The summed E-state index contributed by atoms with van der Waals surface area (Å²) in [5.74, 6) is 0.144. The minimum absolute atomic E-state index is 0.242. The molecule has 46 heavy (non-hydrogen) atoms. The van der Waals surface area contributed by atoms with Crippen LogP contribution in [0, 0.1) is 11.8 Å². The summed E-state index contributed by atoms with van der Waals surface area (Å²) in [4.78, 5) is 15.3. The van der Waals surface area contributed by atoms with Crippen molar-refractivity contribution in [2.75, 3.05) is 13.1 Å². The largest absolute Gasteiger partial charge is 0.481 e. The van der Waals surface area contributed by atoms with Gasteiger partial charge in [0.25, 0.3) is 0 Å². The predicted octanol–water partition coefficient (Wildman–Crippen LogP) is 9.97. The zero-order valence-electron chi connectivity index (χ0n) is 28.4. The van der Waals surface area contributed by atoms with Crippen LogP contribution >= 0.6 is 0 Å². The molecule has 0 saturated heterocycles. The van der Waals surface area contributed by atoms with Crippen molar-refractivity contribution in [3.8, 4) is 0 Å². The van der Waals surface area contributed by atoms with Gasteiger partial charge in [-0.25, -0.2) is 0 Å². The summed E-state index contributed by atoms with van der Waals surface area (Å²) < 4.78 is 40.8. The normalized spacial score (nSPS) is 17.7. The average Bonchev–Trinajstić information content (AvgIpc) is 2.97. The third-order valence-corrected chi connectivity index (χ3v) is 9.39. The molecule has 3 aromatic rings. The molecule has 3 nitrogen and oxygen atoms in total. The van der Waals surface area contributed by atoms with Crippen molar-refractivity contribution >= 4 is 11.5 Å². The quantitative estimate of drug-likeness (QED) is 0.216. The standard InChI is InChI=1S/C40H50F3NO2/c1-27(2)21-29-11-15-33(16-12-29)38(5,6)26-44-20-19-32(31-9-8-10-35(23-31)40(41,42)43)24-36(44)25-39(7,37(45)46)34-17-13-30(14-18-34)22-28(3)4/h8-18,23-24,27-28,36H,19-22,25-26H2,1-7H3,(H,45,46)/t36-,39?/m0/s1. The molecule has 0 aromatic heterocycles. The van der Waals surface area contributed by atoms with Crippen LogP contribution in [0.2, 0.25) is 0 Å². The maximum atomic E-state index is 13.6. The van der Waals surface area contributed by atoms with Crippen molar-refractivity contribution in [1.29, 1.82) is 0 Å². The Morgan fingerprint density at radius 3 is 1.87 bits per heavy atom. The second-order valence-corrected chi connectivity index (χ2v) is 14.9. The van der Waals surface area contributed by atoms with Gasteiger partial charge in [-0.05, 0) is 90.0 Å². The lowest BCUT2D eigenvalue weighted by Gasteiger charge is -2.42. The van der Waals surface area contributed by atoms with E-state index in [9.17, 15) is 23.1 Å². The maximum Gasteiger partial charge on any atom is 0.416 e. The van der Waals surface area contributed by atoms with Gasteiger partial charge in [0.2, 0.25) is 0 Å². The van der Waals surface area contributed by atoms with E-state index >= 15 is 0 Å². The van der Waals surface area contributed by atoms with Gasteiger partial charge >= 0.3 is 12.1 Å². The van der Waals surface area contributed by atoms with E-state index in [4.69, 9.17) is 0 Å². The van der Waals surface area contributed by atoms with Crippen molar-refractivity contribution in [3.05, 3.63) is 112 Å². The Labute approximate surface area is 273 Å². The molecule has 0 fully saturated rings. The van der Waals surface area contributed by atoms with E-state index in [0.717, 1.165) is 30.0 Å². The first-order valence-corrected chi connectivity index (χ1v) is 16.5. The van der Waals surface area contributed by atoms with Crippen LogP contribution in [0.15, 0.2) is 78.9 Å². The number of benzene rings is 3. The van der Waals surface area contributed by atoms with E-state index in [2.05, 4.69) is 70.7 Å². The van der Waals surface area contributed by atoms with Gasteiger partial charge in [0, 0.05) is 24.5 Å². The highest BCUT2D eigenvalue weighted by molar-refractivity contribution is 5.81. The molecular weight excluding hydrogens is 583 g/mol. The van der Waals surface area contributed by atoms with Crippen molar-refractivity contribution in [3.63, 3.8) is 0 Å². The number of carboxylic acids is 1. The molecule has 1 aliphatic rings. The first-order chi connectivity index (χ1) is 21.5. The number of rotatable bonds is 12. The van der Waals surface area contributed by atoms with Gasteiger partial charge in [0.05, 0.1) is 11.0 Å². The van der Waals surface area contributed by atoms with Gasteiger partial charge < -0.3 is 5.11 Å². The maximum absolute atomic E-state index is 13.6. The summed E-state index contributed by atoms with van der Waals surface area (Å²) in [6.07, 6.45) is 0.387. The predicted molar refractivity (Wildman–Crippen MR) is 182 cm³/mol. The van der Waals surface area contributed by atoms with Crippen LogP contribution in [0.5, 0.6) is 0 Å². The molecule has 4 rings (SSSR count). The number of carbonyl (C=O) groups is 1. The second-order valence-electron chi connectivity index (χ2n) is 14.9. The smallest absolute Gasteiger partial charge is 0.416 e. The first kappa shape index (κ1) is 35.5. The Kier molecular flexibility index (Phi) is 10.9. The highest BCUT2D eigenvalue weighted by Gasteiger charge is 2.41. The lowest BCUT2D eigenvalue weighted by atomic mass is 9.74. The van der Waals surface area contributed by atoms with Crippen molar-refractivity contribution in [2.24, 2.45) is 11.8 Å². The highest BCUT2D eigenvalue weighted by atomic mass is 19.4. The van der Waals surface area contributed by atoms with Gasteiger partial charge in [-0.1, -0.05) is 108 Å². The van der Waals surface area contributed by atoms with E-state index in [1.54, 1.807) is 13.0 Å². The van der Waals surface area contributed by atoms with E-state index in [1.165, 1.54) is 28.8 Å². The molecule has 0 aliphatic carbocycles. The summed E-state index contributed by atoms with van der Waals surface area (Å²) in [6.45, 7) is 16.2. The summed E-state index contributed by atoms with van der Waals surface area (Å²) >= 11 is 0. The first-order valence-electron chi connectivity index (χ1n) is 16.5. The SMILES string of the molecule is CC(C)Cc1ccc(C(C)(C)CN2CCC(c3cccc(C(F)(F)F)c3)=C[C@H]2CC(C)(C(=O)O)c2ccc(CC(C)C)cc2)cc1. The van der Waals surface area contributed by atoms with Crippen molar-refractivity contribution in [2.45, 2.75) is 97.2 Å². The second kappa shape index (κ2) is 14.2. The van der Waals surface area contributed by atoms with Crippen LogP contribution in [-0.4, -0.2) is 35.1 Å². The van der Waals surface area contributed by atoms with Crippen LogP contribution < -0.4 is 0 Å². The number of carboxylic acid groups (broad SMARTS) is 1. The summed E-state index contributed by atoms with van der Waals surface area (Å²) in [5, 5.41) is 10.7. The summed E-state index contributed by atoms with van der Waals surface area (Å²) in [5.41, 5.74) is 3.64. The molecule has 2 atom stereocenters. The lowest BCUT2D eigenvalue weighted by Crippen LogP contribution is -2.48. The van der Waals surface area contributed by atoms with Gasteiger partial charge in [-0.3, -0.25) is 9.69 Å². The average molecular weight is 634 g/mol.